The summed E-state index contributed by atoms with van der Waals surface area (Å²) in [5.41, 5.74) is 2.62. The van der Waals surface area contributed by atoms with Gasteiger partial charge in [0.1, 0.15) is 0 Å². The van der Waals surface area contributed by atoms with E-state index >= 15 is 0 Å². The number of benzene rings is 2. The summed E-state index contributed by atoms with van der Waals surface area (Å²) in [7, 11) is 0. The molecule has 22 heavy (non-hydrogen) atoms. The van der Waals surface area contributed by atoms with Crippen molar-refractivity contribution in [1.29, 1.82) is 0 Å². The van der Waals surface area contributed by atoms with E-state index in [0.717, 1.165) is 28.6 Å². The molecule has 0 aliphatic heterocycles. The number of aromatic nitrogens is 2. The summed E-state index contributed by atoms with van der Waals surface area (Å²) in [6.45, 7) is 4.82. The Morgan fingerprint density at radius 2 is 1.95 bits per heavy atom. The van der Waals surface area contributed by atoms with Crippen LogP contribution in [0.25, 0.3) is 16.8 Å². The topological polar surface area (TPSA) is 34.9 Å². The van der Waals surface area contributed by atoms with E-state index in [1.165, 1.54) is 0 Å². The van der Waals surface area contributed by atoms with E-state index in [-0.39, 0.29) is 5.78 Å². The Morgan fingerprint density at radius 3 is 2.68 bits per heavy atom. The van der Waals surface area contributed by atoms with Gasteiger partial charge in [-0.2, -0.15) is 5.10 Å². The van der Waals surface area contributed by atoms with Crippen LogP contribution in [-0.4, -0.2) is 15.6 Å². The lowest BCUT2D eigenvalue weighted by Crippen LogP contribution is -1.93. The molecule has 110 valence electrons. The quantitative estimate of drug-likeness (QED) is 0.531. The predicted molar refractivity (Wildman–Crippen MR) is 90.0 cm³/mol. The van der Waals surface area contributed by atoms with Gasteiger partial charge in [0, 0.05) is 23.9 Å². The molecule has 0 fully saturated rings. The zero-order chi connectivity index (χ0) is 15.5. The number of rotatable bonds is 4. The van der Waals surface area contributed by atoms with Gasteiger partial charge in [-0.25, -0.2) is 0 Å². The van der Waals surface area contributed by atoms with Crippen molar-refractivity contribution in [2.45, 2.75) is 20.4 Å². The van der Waals surface area contributed by atoms with Crippen LogP contribution in [0.15, 0.2) is 54.7 Å². The van der Waals surface area contributed by atoms with Gasteiger partial charge in [0.2, 0.25) is 0 Å². The molecule has 0 radical (unpaired) electrons. The first-order valence-corrected chi connectivity index (χ1v) is 7.42. The second-order valence-corrected chi connectivity index (χ2v) is 5.29. The van der Waals surface area contributed by atoms with Crippen LogP contribution in [-0.2, 0) is 6.54 Å². The molecule has 1 aromatic heterocycles. The van der Waals surface area contributed by atoms with E-state index in [1.54, 1.807) is 6.08 Å². The summed E-state index contributed by atoms with van der Waals surface area (Å²) < 4.78 is 1.87. The number of nitrogens with zero attached hydrogens (tertiary/aromatic N) is 2. The molecule has 3 nitrogen and oxygen atoms in total. The molecule has 0 saturated carbocycles. The van der Waals surface area contributed by atoms with Gasteiger partial charge in [0.05, 0.1) is 5.69 Å². The molecule has 0 amide bonds. The van der Waals surface area contributed by atoms with E-state index in [2.05, 4.69) is 5.10 Å². The van der Waals surface area contributed by atoms with Crippen molar-refractivity contribution < 1.29 is 4.79 Å². The number of hydrogen-bond donors (Lipinski definition) is 0. The average Bonchev–Trinajstić information content (AvgIpc) is 2.92. The Bertz CT molecular complexity index is 859. The summed E-state index contributed by atoms with van der Waals surface area (Å²) in [6, 6.07) is 13.8. The molecule has 3 aromatic rings. The summed E-state index contributed by atoms with van der Waals surface area (Å²) in [4.78, 5) is 12.3. The number of fused-ring (bicyclic) bond motifs is 1. The van der Waals surface area contributed by atoms with Crippen LogP contribution in [0.1, 0.15) is 28.5 Å². The first kappa shape index (κ1) is 14.3. The van der Waals surface area contributed by atoms with Crippen LogP contribution >= 0.6 is 0 Å². The van der Waals surface area contributed by atoms with Gasteiger partial charge in [-0.3, -0.25) is 9.48 Å². The zero-order valence-electron chi connectivity index (χ0n) is 12.8. The Kier molecular flexibility index (Phi) is 3.88. The van der Waals surface area contributed by atoms with E-state index in [0.29, 0.717) is 5.56 Å². The minimum atomic E-state index is 0.00871. The molecule has 0 atom stereocenters. The first-order chi connectivity index (χ1) is 10.7. The third kappa shape index (κ3) is 2.84. The van der Waals surface area contributed by atoms with Crippen LogP contribution in [0.5, 0.6) is 0 Å². The molecule has 0 aliphatic carbocycles. The van der Waals surface area contributed by atoms with Gasteiger partial charge in [0.25, 0.3) is 0 Å². The highest BCUT2D eigenvalue weighted by atomic mass is 16.1. The minimum Gasteiger partial charge on any atom is -0.289 e. The normalized spacial score (nSPS) is 11.4. The van der Waals surface area contributed by atoms with E-state index in [4.69, 9.17) is 0 Å². The fraction of sp³-hybridized carbons (Fsp3) is 0.158. The standard InChI is InChI=1S/C19H18N2O/c1-3-21-13-18(14(2)20-21)10-11-19(22)17-9-8-15-6-4-5-7-16(15)12-17/h4-13H,3H2,1-2H3/b11-10+. The van der Waals surface area contributed by atoms with Gasteiger partial charge in [-0.05, 0) is 42.8 Å². The van der Waals surface area contributed by atoms with E-state index < -0.39 is 0 Å². The second kappa shape index (κ2) is 5.98. The maximum atomic E-state index is 12.3. The maximum Gasteiger partial charge on any atom is 0.185 e. The Balaban J connectivity index is 1.85. The van der Waals surface area contributed by atoms with Crippen molar-refractivity contribution in [2.75, 3.05) is 0 Å². The molecule has 0 aliphatic rings. The zero-order valence-corrected chi connectivity index (χ0v) is 12.8. The Morgan fingerprint density at radius 1 is 1.18 bits per heavy atom. The van der Waals surface area contributed by atoms with Crippen molar-refractivity contribution in [1.82, 2.24) is 9.78 Å². The van der Waals surface area contributed by atoms with Crippen molar-refractivity contribution in [3.05, 3.63) is 71.6 Å². The summed E-state index contributed by atoms with van der Waals surface area (Å²) in [5.74, 6) is 0.00871. The van der Waals surface area contributed by atoms with Crippen molar-refractivity contribution in [3.63, 3.8) is 0 Å². The molecule has 1 heterocycles. The molecule has 0 N–H and O–H groups in total. The highest BCUT2D eigenvalue weighted by Gasteiger charge is 2.05. The predicted octanol–water partition coefficient (Wildman–Crippen LogP) is 4.26. The Labute approximate surface area is 129 Å². The van der Waals surface area contributed by atoms with Crippen LogP contribution in [0.4, 0.5) is 0 Å². The van der Waals surface area contributed by atoms with Gasteiger partial charge in [0.15, 0.2) is 5.78 Å². The molecule has 3 heteroatoms. The fourth-order valence-electron chi connectivity index (χ4n) is 2.46. The van der Waals surface area contributed by atoms with Crippen molar-refractivity contribution >= 4 is 22.6 Å². The summed E-state index contributed by atoms with van der Waals surface area (Å²) in [5, 5.41) is 6.60. The largest absolute Gasteiger partial charge is 0.289 e. The van der Waals surface area contributed by atoms with E-state index in [1.807, 2.05) is 73.3 Å². The van der Waals surface area contributed by atoms with Gasteiger partial charge in [-0.15, -0.1) is 0 Å². The van der Waals surface area contributed by atoms with Gasteiger partial charge >= 0.3 is 0 Å². The third-order valence-electron chi connectivity index (χ3n) is 3.76. The molecule has 3 rings (SSSR count). The number of carbonyl (C=O) groups is 1. The number of aryl methyl sites for hydroxylation is 2. The molecule has 0 unspecified atom stereocenters. The molecule has 2 aromatic carbocycles. The van der Waals surface area contributed by atoms with Gasteiger partial charge in [-0.1, -0.05) is 36.4 Å². The Hall–Kier alpha value is -2.68. The minimum absolute atomic E-state index is 0.00871. The lowest BCUT2D eigenvalue weighted by Gasteiger charge is -2.00. The van der Waals surface area contributed by atoms with Gasteiger partial charge < -0.3 is 0 Å². The number of carbonyl (C=O) groups excluding carboxylic acids is 1. The summed E-state index contributed by atoms with van der Waals surface area (Å²) >= 11 is 0. The molecular weight excluding hydrogens is 272 g/mol. The highest BCUT2D eigenvalue weighted by Crippen LogP contribution is 2.17. The van der Waals surface area contributed by atoms with Crippen LogP contribution in [0.2, 0.25) is 0 Å². The number of allylic oxidation sites excluding steroid dienone is 1. The molecule has 0 saturated heterocycles. The number of hydrogen-bond acceptors (Lipinski definition) is 2. The lowest BCUT2D eigenvalue weighted by molar-refractivity contribution is 0.104. The molecule has 0 bridgehead atoms. The number of ketones is 1. The van der Waals surface area contributed by atoms with Crippen LogP contribution < -0.4 is 0 Å². The summed E-state index contributed by atoms with van der Waals surface area (Å²) in [6.07, 6.45) is 5.42. The van der Waals surface area contributed by atoms with Crippen LogP contribution in [0, 0.1) is 6.92 Å². The van der Waals surface area contributed by atoms with Crippen molar-refractivity contribution in [3.8, 4) is 0 Å². The second-order valence-electron chi connectivity index (χ2n) is 5.29. The highest BCUT2D eigenvalue weighted by molar-refractivity contribution is 6.08. The molecular formula is C19H18N2O. The van der Waals surface area contributed by atoms with Crippen molar-refractivity contribution in [2.24, 2.45) is 0 Å². The van der Waals surface area contributed by atoms with E-state index in [9.17, 15) is 4.79 Å². The fourth-order valence-corrected chi connectivity index (χ4v) is 2.46. The average molecular weight is 290 g/mol. The first-order valence-electron chi connectivity index (χ1n) is 7.42. The molecule has 0 spiro atoms. The lowest BCUT2D eigenvalue weighted by atomic mass is 10.0. The smallest absolute Gasteiger partial charge is 0.185 e. The third-order valence-corrected chi connectivity index (χ3v) is 3.76. The maximum absolute atomic E-state index is 12.3. The monoisotopic (exact) mass is 290 g/mol. The SMILES string of the molecule is CCn1cc(/C=C/C(=O)c2ccc3ccccc3c2)c(C)n1. The van der Waals surface area contributed by atoms with Crippen LogP contribution in [0.3, 0.4) is 0 Å².